The fourth-order valence-electron chi connectivity index (χ4n) is 1.35. The summed E-state index contributed by atoms with van der Waals surface area (Å²) in [4.78, 5) is 24.1. The Hall–Kier alpha value is -1.47. The van der Waals surface area contributed by atoms with Gasteiger partial charge in [0.1, 0.15) is 6.54 Å². The molecule has 0 aliphatic heterocycles. The van der Waals surface area contributed by atoms with Gasteiger partial charge in [0.25, 0.3) is 5.56 Å². The number of nitrogens with zero attached hydrogens (tertiary/aromatic N) is 2. The van der Waals surface area contributed by atoms with Crippen LogP contribution in [0.3, 0.4) is 0 Å². The van der Waals surface area contributed by atoms with Gasteiger partial charge in [0, 0.05) is 16.6 Å². The molecule has 0 bridgehead atoms. The van der Waals surface area contributed by atoms with Crippen LogP contribution in [0.4, 0.5) is 0 Å². The minimum Gasteiger partial charge on any atom is -0.480 e. The van der Waals surface area contributed by atoms with Crippen molar-refractivity contribution in [1.82, 2.24) is 9.78 Å². The third-order valence-corrected chi connectivity index (χ3v) is 4.09. The molecule has 0 atom stereocenters. The average Bonchev–Trinajstić information content (AvgIpc) is 2.78. The van der Waals surface area contributed by atoms with E-state index < -0.39 is 0 Å². The predicted octanol–water partition coefficient (Wildman–Crippen LogP) is 1.96. The summed E-state index contributed by atoms with van der Waals surface area (Å²) in [5, 5.41) is 5.73. The van der Waals surface area contributed by atoms with Gasteiger partial charge in [-0.2, -0.15) is 0 Å². The highest BCUT2D eigenvalue weighted by atomic mass is 79.9. The van der Waals surface area contributed by atoms with Gasteiger partial charge in [-0.05, 0) is 27.4 Å². The number of carbonyl (C=O) groups is 1. The number of thiophene rings is 1. The summed E-state index contributed by atoms with van der Waals surface area (Å²) in [6.45, 7) is -0.102. The third-order valence-electron chi connectivity index (χ3n) is 2.22. The molecule has 0 amide bonds. The Kier molecular flexibility index (Phi) is 3.93. The highest BCUT2D eigenvalue weighted by Crippen LogP contribution is 2.23. The fourth-order valence-corrected chi connectivity index (χ4v) is 2.88. The van der Waals surface area contributed by atoms with Crippen LogP contribution in [-0.2, 0) is 6.54 Å². The Morgan fingerprint density at radius 3 is 2.89 bits per heavy atom. The van der Waals surface area contributed by atoms with Crippen molar-refractivity contribution in [3.8, 4) is 5.88 Å². The predicted molar refractivity (Wildman–Crippen MR) is 71.4 cm³/mol. The molecule has 0 saturated carbocycles. The van der Waals surface area contributed by atoms with Crippen molar-refractivity contribution in [1.29, 1.82) is 0 Å². The summed E-state index contributed by atoms with van der Waals surface area (Å²) < 4.78 is 6.74. The summed E-state index contributed by atoms with van der Waals surface area (Å²) in [5.74, 6) is 0.132. The molecule has 2 heterocycles. The van der Waals surface area contributed by atoms with E-state index in [1.165, 1.54) is 30.6 Å². The largest absolute Gasteiger partial charge is 0.480 e. The first-order valence-corrected chi connectivity index (χ1v) is 6.67. The van der Waals surface area contributed by atoms with Crippen molar-refractivity contribution in [3.05, 3.63) is 43.3 Å². The summed E-state index contributed by atoms with van der Waals surface area (Å²) in [5.41, 5.74) is -0.336. The molecular weight excluding hydrogens is 320 g/mol. The van der Waals surface area contributed by atoms with Crippen molar-refractivity contribution in [2.75, 3.05) is 7.11 Å². The van der Waals surface area contributed by atoms with Gasteiger partial charge in [0.15, 0.2) is 5.78 Å². The normalized spacial score (nSPS) is 10.3. The number of rotatable bonds is 4. The second-order valence-corrected chi connectivity index (χ2v) is 5.16. The Morgan fingerprint density at radius 2 is 2.28 bits per heavy atom. The van der Waals surface area contributed by atoms with Gasteiger partial charge in [-0.3, -0.25) is 9.59 Å². The Bertz CT molecular complexity index is 635. The van der Waals surface area contributed by atoms with E-state index in [1.807, 2.05) is 0 Å². The molecule has 0 unspecified atom stereocenters. The van der Waals surface area contributed by atoms with E-state index in [4.69, 9.17) is 4.74 Å². The van der Waals surface area contributed by atoms with E-state index in [1.54, 1.807) is 11.4 Å². The van der Waals surface area contributed by atoms with Crippen molar-refractivity contribution < 1.29 is 9.53 Å². The summed E-state index contributed by atoms with van der Waals surface area (Å²) in [6, 6.07) is 4.58. The molecule has 18 heavy (non-hydrogen) atoms. The van der Waals surface area contributed by atoms with Crippen LogP contribution >= 0.6 is 27.3 Å². The molecule has 7 heteroatoms. The first-order valence-electron chi connectivity index (χ1n) is 5.00. The van der Waals surface area contributed by atoms with Crippen LogP contribution in [0, 0.1) is 0 Å². The smallest absolute Gasteiger partial charge is 0.267 e. The lowest BCUT2D eigenvalue weighted by Gasteiger charge is -2.04. The summed E-state index contributed by atoms with van der Waals surface area (Å²) >= 11 is 4.61. The zero-order valence-corrected chi connectivity index (χ0v) is 11.8. The zero-order chi connectivity index (χ0) is 13.1. The molecule has 0 spiro atoms. The van der Waals surface area contributed by atoms with Crippen LogP contribution in [-0.4, -0.2) is 22.7 Å². The van der Waals surface area contributed by atoms with Gasteiger partial charge in [-0.1, -0.05) is 0 Å². The summed E-state index contributed by atoms with van der Waals surface area (Å²) in [7, 11) is 1.45. The maximum absolute atomic E-state index is 12.0. The molecule has 2 aromatic heterocycles. The number of hydrogen-bond acceptors (Lipinski definition) is 5. The SMILES string of the molecule is COc1ccc(=O)n(CC(=O)c2sccc2Br)n1. The van der Waals surface area contributed by atoms with E-state index in [-0.39, 0.29) is 17.9 Å². The summed E-state index contributed by atoms with van der Waals surface area (Å²) in [6.07, 6.45) is 0. The van der Waals surface area contributed by atoms with Crippen LogP contribution < -0.4 is 10.3 Å². The standard InChI is InChI=1S/C11H9BrN2O3S/c1-17-9-2-3-10(16)14(13-9)6-8(15)11-7(12)4-5-18-11/h2-5H,6H2,1H3. The topological polar surface area (TPSA) is 61.2 Å². The number of ether oxygens (including phenoxy) is 1. The van der Waals surface area contributed by atoms with Gasteiger partial charge in [-0.25, -0.2) is 4.68 Å². The Balaban J connectivity index is 2.27. The quantitative estimate of drug-likeness (QED) is 0.805. The van der Waals surface area contributed by atoms with Gasteiger partial charge in [-0.15, -0.1) is 16.4 Å². The van der Waals surface area contributed by atoms with Gasteiger partial charge in [0.2, 0.25) is 5.88 Å². The Morgan fingerprint density at radius 1 is 1.50 bits per heavy atom. The van der Waals surface area contributed by atoms with Crippen LogP contribution in [0.5, 0.6) is 5.88 Å². The lowest BCUT2D eigenvalue weighted by atomic mass is 10.3. The molecule has 94 valence electrons. The van der Waals surface area contributed by atoms with E-state index in [0.717, 1.165) is 9.15 Å². The van der Waals surface area contributed by atoms with Crippen molar-refractivity contribution in [3.63, 3.8) is 0 Å². The van der Waals surface area contributed by atoms with Gasteiger partial charge >= 0.3 is 0 Å². The van der Waals surface area contributed by atoms with Gasteiger partial charge < -0.3 is 4.74 Å². The number of methoxy groups -OCH3 is 1. The third kappa shape index (κ3) is 2.68. The van der Waals surface area contributed by atoms with Crippen LogP contribution in [0.2, 0.25) is 0 Å². The van der Waals surface area contributed by atoms with Crippen LogP contribution in [0.25, 0.3) is 0 Å². The maximum Gasteiger partial charge on any atom is 0.267 e. The molecule has 0 radical (unpaired) electrons. The number of halogens is 1. The van der Waals surface area contributed by atoms with Gasteiger partial charge in [0.05, 0.1) is 12.0 Å². The van der Waals surface area contributed by atoms with Crippen molar-refractivity contribution >= 4 is 33.0 Å². The minimum atomic E-state index is -0.336. The number of hydrogen-bond donors (Lipinski definition) is 0. The highest BCUT2D eigenvalue weighted by molar-refractivity contribution is 9.10. The highest BCUT2D eigenvalue weighted by Gasteiger charge is 2.13. The molecule has 0 N–H and O–H groups in total. The van der Waals surface area contributed by atoms with E-state index in [2.05, 4.69) is 21.0 Å². The van der Waals surface area contributed by atoms with E-state index >= 15 is 0 Å². The lowest BCUT2D eigenvalue weighted by Crippen LogP contribution is -2.26. The molecule has 0 fully saturated rings. The first kappa shape index (κ1) is 13.0. The number of ketones is 1. The molecule has 0 aromatic carbocycles. The molecule has 2 rings (SSSR count). The fraction of sp³-hybridized carbons (Fsp3) is 0.182. The molecule has 0 aliphatic carbocycles. The van der Waals surface area contributed by atoms with Crippen molar-refractivity contribution in [2.45, 2.75) is 6.54 Å². The van der Waals surface area contributed by atoms with Crippen LogP contribution in [0.1, 0.15) is 9.67 Å². The second kappa shape index (κ2) is 5.45. The zero-order valence-electron chi connectivity index (χ0n) is 9.42. The number of Topliss-reactive ketones (excluding diaryl/α,β-unsaturated/α-hetero) is 1. The maximum atomic E-state index is 12.0. The van der Waals surface area contributed by atoms with E-state index in [9.17, 15) is 9.59 Å². The number of carbonyl (C=O) groups excluding carboxylic acids is 1. The lowest BCUT2D eigenvalue weighted by molar-refractivity contribution is 0.0968. The molecule has 2 aromatic rings. The van der Waals surface area contributed by atoms with Crippen LogP contribution in [0.15, 0.2) is 32.8 Å². The minimum absolute atomic E-state index is 0.102. The molecular formula is C11H9BrN2O3S. The van der Waals surface area contributed by atoms with E-state index in [0.29, 0.717) is 10.8 Å². The molecule has 0 aliphatic rings. The molecule has 0 saturated heterocycles. The monoisotopic (exact) mass is 328 g/mol. The van der Waals surface area contributed by atoms with Crippen molar-refractivity contribution in [2.24, 2.45) is 0 Å². The second-order valence-electron chi connectivity index (χ2n) is 3.39. The Labute approximate surface area is 115 Å². The first-order chi connectivity index (χ1) is 8.61. The number of aromatic nitrogens is 2. The average molecular weight is 329 g/mol. The molecule has 5 nitrogen and oxygen atoms in total.